The van der Waals surface area contributed by atoms with Gasteiger partial charge in [0, 0.05) is 29.5 Å². The van der Waals surface area contributed by atoms with E-state index in [1.54, 1.807) is 0 Å². The average molecular weight is 337 g/mol. The zero-order valence-corrected chi connectivity index (χ0v) is 13.8. The highest BCUT2D eigenvalue weighted by Crippen LogP contribution is 2.21. The molecule has 0 spiro atoms. The van der Waals surface area contributed by atoms with Gasteiger partial charge in [-0.2, -0.15) is 0 Å². The van der Waals surface area contributed by atoms with Crippen LogP contribution in [0.3, 0.4) is 0 Å². The molecule has 1 N–H and O–H groups in total. The van der Waals surface area contributed by atoms with Crippen molar-refractivity contribution in [3.05, 3.63) is 29.0 Å². The Balaban J connectivity index is 1.97. The van der Waals surface area contributed by atoms with Crippen molar-refractivity contribution in [1.29, 1.82) is 0 Å². The molecule has 0 saturated carbocycles. The third kappa shape index (κ3) is 3.90. The fourth-order valence-corrected chi connectivity index (χ4v) is 2.28. The van der Waals surface area contributed by atoms with Gasteiger partial charge >= 0.3 is 0 Å². The number of fused-ring (bicyclic) bond motifs is 1. The summed E-state index contributed by atoms with van der Waals surface area (Å²) in [4.78, 5) is 11.1. The fourth-order valence-electron chi connectivity index (χ4n) is 1.96. The van der Waals surface area contributed by atoms with E-state index in [0.717, 1.165) is 40.7 Å². The van der Waals surface area contributed by atoms with Gasteiger partial charge in [0.15, 0.2) is 0 Å². The maximum absolute atomic E-state index is 4.44. The highest BCUT2D eigenvalue weighted by Gasteiger charge is 2.05. The second kappa shape index (κ2) is 6.99. The molecule has 0 aliphatic carbocycles. The van der Waals surface area contributed by atoms with Crippen LogP contribution in [-0.4, -0.2) is 41.0 Å². The first-order valence-corrected chi connectivity index (χ1v) is 7.71. The zero-order chi connectivity index (χ0) is 14.5. The van der Waals surface area contributed by atoms with Gasteiger partial charge in [0.2, 0.25) is 0 Å². The van der Waals surface area contributed by atoms with Gasteiger partial charge in [-0.25, -0.2) is 0 Å². The summed E-state index contributed by atoms with van der Waals surface area (Å²) in [6.45, 7) is 6.46. The molecule has 0 saturated heterocycles. The van der Waals surface area contributed by atoms with Gasteiger partial charge in [0.25, 0.3) is 0 Å². The lowest BCUT2D eigenvalue weighted by Crippen LogP contribution is -2.28. The summed E-state index contributed by atoms with van der Waals surface area (Å²) in [6.07, 6.45) is 4.73. The number of aromatic nitrogens is 2. The van der Waals surface area contributed by atoms with Gasteiger partial charge in [-0.15, -0.1) is 0 Å². The molecule has 0 fully saturated rings. The molecule has 0 aromatic carbocycles. The van der Waals surface area contributed by atoms with Crippen LogP contribution in [0, 0.1) is 0 Å². The van der Waals surface area contributed by atoms with Crippen molar-refractivity contribution >= 4 is 32.7 Å². The molecule has 0 atom stereocenters. The van der Waals surface area contributed by atoms with E-state index in [4.69, 9.17) is 0 Å². The van der Waals surface area contributed by atoms with Crippen molar-refractivity contribution in [1.82, 2.24) is 14.9 Å². The average Bonchev–Trinajstić information content (AvgIpc) is 2.42. The van der Waals surface area contributed by atoms with Gasteiger partial charge in [-0.3, -0.25) is 9.97 Å². The molecule has 0 radical (unpaired) electrons. The summed E-state index contributed by atoms with van der Waals surface area (Å²) in [5.74, 6) is 0. The van der Waals surface area contributed by atoms with Crippen LogP contribution in [0.15, 0.2) is 29.0 Å². The van der Waals surface area contributed by atoms with E-state index >= 15 is 0 Å². The minimum Gasteiger partial charge on any atom is -0.383 e. The Bertz CT molecular complexity index is 571. The summed E-state index contributed by atoms with van der Waals surface area (Å²) < 4.78 is 0.952. The molecule has 0 unspecified atom stereocenters. The van der Waals surface area contributed by atoms with E-state index in [-0.39, 0.29) is 0 Å². The van der Waals surface area contributed by atoms with Gasteiger partial charge in [-0.05, 0) is 61.9 Å². The number of hydrogen-bond donors (Lipinski definition) is 1. The smallest absolute Gasteiger partial charge is 0.112 e. The molecule has 2 rings (SSSR count). The summed E-state index contributed by atoms with van der Waals surface area (Å²) >= 11 is 3.42. The summed E-state index contributed by atoms with van der Waals surface area (Å²) in [6, 6.07) is 4.56. The molecular formula is C15H21BrN4. The molecule has 0 aliphatic heterocycles. The summed E-state index contributed by atoms with van der Waals surface area (Å²) in [7, 11) is 2.16. The molecule has 5 heteroatoms. The number of pyridine rings is 2. The Morgan fingerprint density at radius 2 is 2.15 bits per heavy atom. The Morgan fingerprint density at radius 3 is 2.90 bits per heavy atom. The first-order chi connectivity index (χ1) is 9.58. The first-order valence-electron chi connectivity index (χ1n) is 6.92. The second-order valence-electron chi connectivity index (χ2n) is 5.23. The van der Waals surface area contributed by atoms with Crippen LogP contribution in [0.4, 0.5) is 5.69 Å². The molecule has 2 aromatic heterocycles. The minimum atomic E-state index is 0.593. The molecule has 0 amide bonds. The highest BCUT2D eigenvalue weighted by molar-refractivity contribution is 9.10. The maximum atomic E-state index is 4.44. The van der Waals surface area contributed by atoms with Crippen LogP contribution >= 0.6 is 15.9 Å². The highest BCUT2D eigenvalue weighted by atomic mass is 79.9. The van der Waals surface area contributed by atoms with Gasteiger partial charge < -0.3 is 10.2 Å². The van der Waals surface area contributed by atoms with Crippen molar-refractivity contribution in [2.75, 3.05) is 25.5 Å². The van der Waals surface area contributed by atoms with E-state index < -0.39 is 0 Å². The number of hydrogen-bond acceptors (Lipinski definition) is 4. The van der Waals surface area contributed by atoms with E-state index in [0.29, 0.717) is 6.04 Å². The van der Waals surface area contributed by atoms with Crippen molar-refractivity contribution < 1.29 is 0 Å². The molecule has 0 aliphatic rings. The van der Waals surface area contributed by atoms with E-state index in [1.165, 1.54) is 0 Å². The van der Waals surface area contributed by atoms with E-state index in [9.17, 15) is 0 Å². The summed E-state index contributed by atoms with van der Waals surface area (Å²) in [5, 5.41) is 3.46. The third-order valence-electron chi connectivity index (χ3n) is 3.43. The van der Waals surface area contributed by atoms with E-state index in [2.05, 4.69) is 57.0 Å². The van der Waals surface area contributed by atoms with Crippen LogP contribution in [0.5, 0.6) is 0 Å². The fraction of sp³-hybridized carbons (Fsp3) is 0.467. The topological polar surface area (TPSA) is 41.0 Å². The quantitative estimate of drug-likeness (QED) is 0.819. The lowest BCUT2D eigenvalue weighted by atomic mass is 10.2. The largest absolute Gasteiger partial charge is 0.383 e. The molecule has 4 nitrogen and oxygen atoms in total. The molecule has 108 valence electrons. The lowest BCUT2D eigenvalue weighted by molar-refractivity contribution is 0.273. The Hall–Kier alpha value is -1.20. The van der Waals surface area contributed by atoms with Crippen LogP contribution in [0.1, 0.15) is 20.3 Å². The van der Waals surface area contributed by atoms with Gasteiger partial charge in [-0.1, -0.05) is 0 Å². The Morgan fingerprint density at radius 1 is 1.35 bits per heavy atom. The van der Waals surface area contributed by atoms with Crippen molar-refractivity contribution in [2.24, 2.45) is 0 Å². The first kappa shape index (κ1) is 15.2. The number of halogens is 1. The maximum Gasteiger partial charge on any atom is 0.112 e. The standard InChI is InChI=1S/C15H21BrN4/c1-11(2)20(3)8-4-6-17-13-5-7-18-14-9-12(16)10-19-15(13)14/h5,7,9-11H,4,6,8H2,1-3H3,(H,17,18). The molecule has 2 aromatic rings. The Labute approximate surface area is 128 Å². The van der Waals surface area contributed by atoms with Crippen LogP contribution in [0.2, 0.25) is 0 Å². The second-order valence-corrected chi connectivity index (χ2v) is 6.15. The third-order valence-corrected chi connectivity index (χ3v) is 3.86. The van der Waals surface area contributed by atoms with Crippen molar-refractivity contribution in [3.8, 4) is 0 Å². The number of rotatable bonds is 6. The van der Waals surface area contributed by atoms with Crippen LogP contribution in [0.25, 0.3) is 11.0 Å². The SMILES string of the molecule is CC(C)N(C)CCCNc1ccnc2cc(Br)cnc12. The monoisotopic (exact) mass is 336 g/mol. The van der Waals surface area contributed by atoms with Crippen LogP contribution in [-0.2, 0) is 0 Å². The Kier molecular flexibility index (Phi) is 5.31. The molecule has 0 bridgehead atoms. The van der Waals surface area contributed by atoms with Crippen molar-refractivity contribution in [2.45, 2.75) is 26.3 Å². The predicted octanol–water partition coefficient (Wildman–Crippen LogP) is 3.53. The van der Waals surface area contributed by atoms with Gasteiger partial charge in [0.05, 0.1) is 11.2 Å². The predicted molar refractivity (Wildman–Crippen MR) is 88.1 cm³/mol. The number of nitrogens with one attached hydrogen (secondary N) is 1. The number of anilines is 1. The normalized spacial score (nSPS) is 11.5. The van der Waals surface area contributed by atoms with Crippen LogP contribution < -0.4 is 5.32 Å². The van der Waals surface area contributed by atoms with E-state index in [1.807, 2.05) is 24.5 Å². The molecule has 2 heterocycles. The number of nitrogens with zero attached hydrogens (tertiary/aromatic N) is 3. The molecular weight excluding hydrogens is 316 g/mol. The lowest BCUT2D eigenvalue weighted by Gasteiger charge is -2.20. The minimum absolute atomic E-state index is 0.593. The van der Waals surface area contributed by atoms with Crippen molar-refractivity contribution in [3.63, 3.8) is 0 Å². The molecule has 20 heavy (non-hydrogen) atoms. The zero-order valence-electron chi connectivity index (χ0n) is 12.2. The summed E-state index contributed by atoms with van der Waals surface area (Å²) in [5.41, 5.74) is 2.88. The van der Waals surface area contributed by atoms with Gasteiger partial charge in [0.1, 0.15) is 5.52 Å².